The van der Waals surface area contributed by atoms with Crippen LogP contribution in [0.2, 0.25) is 0 Å². The van der Waals surface area contributed by atoms with Gasteiger partial charge in [-0.05, 0) is 24.3 Å². The SMILES string of the molecule is Nc1nc(C(=NOC2CCSCC2)C(=O)O)cs1. The van der Waals surface area contributed by atoms with Crippen molar-refractivity contribution < 1.29 is 14.7 Å². The molecule has 98 valence electrons. The Morgan fingerprint density at radius 3 is 2.83 bits per heavy atom. The number of carboxylic acids is 1. The summed E-state index contributed by atoms with van der Waals surface area (Å²) in [5, 5.41) is 14.7. The number of hydrogen-bond donors (Lipinski definition) is 2. The molecule has 8 heteroatoms. The molecule has 0 bridgehead atoms. The van der Waals surface area contributed by atoms with Crippen LogP contribution >= 0.6 is 23.1 Å². The van der Waals surface area contributed by atoms with Crippen molar-refractivity contribution in [2.24, 2.45) is 5.16 Å². The first kappa shape index (κ1) is 13.2. The summed E-state index contributed by atoms with van der Waals surface area (Å²) in [5.74, 6) is 0.879. The Hall–Kier alpha value is -1.28. The molecule has 1 fully saturated rings. The van der Waals surface area contributed by atoms with E-state index in [1.165, 1.54) is 11.3 Å². The second kappa shape index (κ2) is 6.05. The van der Waals surface area contributed by atoms with Gasteiger partial charge in [-0.1, -0.05) is 5.16 Å². The van der Waals surface area contributed by atoms with E-state index >= 15 is 0 Å². The third-order valence-electron chi connectivity index (χ3n) is 2.43. The molecule has 1 aliphatic rings. The third kappa shape index (κ3) is 3.36. The summed E-state index contributed by atoms with van der Waals surface area (Å²) in [6, 6.07) is 0. The van der Waals surface area contributed by atoms with Gasteiger partial charge in [0, 0.05) is 5.38 Å². The highest BCUT2D eigenvalue weighted by molar-refractivity contribution is 7.99. The summed E-state index contributed by atoms with van der Waals surface area (Å²) in [6.45, 7) is 0. The Balaban J connectivity index is 2.07. The molecule has 3 N–H and O–H groups in total. The highest BCUT2D eigenvalue weighted by atomic mass is 32.2. The summed E-state index contributed by atoms with van der Waals surface area (Å²) in [7, 11) is 0. The lowest BCUT2D eigenvalue weighted by molar-refractivity contribution is -0.129. The van der Waals surface area contributed by atoms with Gasteiger partial charge in [0.15, 0.2) is 5.13 Å². The number of nitrogens with zero attached hydrogens (tertiary/aromatic N) is 2. The van der Waals surface area contributed by atoms with Crippen LogP contribution < -0.4 is 5.73 Å². The first-order chi connectivity index (χ1) is 8.66. The molecular weight excluding hydrogens is 274 g/mol. The van der Waals surface area contributed by atoms with Crippen molar-refractivity contribution in [1.82, 2.24) is 4.98 Å². The van der Waals surface area contributed by atoms with E-state index in [1.807, 2.05) is 11.8 Å². The molecule has 0 aromatic carbocycles. The van der Waals surface area contributed by atoms with Gasteiger partial charge in [-0.25, -0.2) is 9.78 Å². The van der Waals surface area contributed by atoms with Gasteiger partial charge in [-0.15, -0.1) is 11.3 Å². The van der Waals surface area contributed by atoms with Gasteiger partial charge in [-0.2, -0.15) is 11.8 Å². The Kier molecular flexibility index (Phi) is 4.43. The van der Waals surface area contributed by atoms with Gasteiger partial charge in [0.2, 0.25) is 5.71 Å². The first-order valence-corrected chi connectivity index (χ1v) is 7.46. The molecule has 18 heavy (non-hydrogen) atoms. The molecule has 0 aliphatic carbocycles. The van der Waals surface area contributed by atoms with Crippen molar-refractivity contribution in [2.75, 3.05) is 17.2 Å². The lowest BCUT2D eigenvalue weighted by Crippen LogP contribution is -2.21. The molecule has 1 aromatic rings. The second-order valence-corrected chi connectivity index (χ2v) is 5.85. The lowest BCUT2D eigenvalue weighted by atomic mass is 10.2. The third-order valence-corrected chi connectivity index (χ3v) is 4.15. The highest BCUT2D eigenvalue weighted by Crippen LogP contribution is 2.20. The molecule has 0 amide bonds. The van der Waals surface area contributed by atoms with Crippen LogP contribution in [0.15, 0.2) is 10.5 Å². The lowest BCUT2D eigenvalue weighted by Gasteiger charge is -2.19. The minimum absolute atomic E-state index is 0.00316. The average Bonchev–Trinajstić information content (AvgIpc) is 2.77. The molecule has 0 unspecified atom stereocenters. The van der Waals surface area contributed by atoms with Crippen molar-refractivity contribution in [3.05, 3.63) is 11.1 Å². The van der Waals surface area contributed by atoms with E-state index in [2.05, 4.69) is 10.1 Å². The minimum atomic E-state index is -1.16. The van der Waals surface area contributed by atoms with Gasteiger partial charge in [-0.3, -0.25) is 0 Å². The number of carboxylic acid groups (broad SMARTS) is 1. The first-order valence-electron chi connectivity index (χ1n) is 5.43. The normalized spacial score (nSPS) is 17.7. The van der Waals surface area contributed by atoms with Crippen LogP contribution in [0.5, 0.6) is 0 Å². The number of oxime groups is 1. The van der Waals surface area contributed by atoms with E-state index in [4.69, 9.17) is 15.7 Å². The smallest absolute Gasteiger partial charge is 0.360 e. The zero-order valence-corrected chi connectivity index (χ0v) is 11.2. The number of carbonyl (C=O) groups is 1. The monoisotopic (exact) mass is 287 g/mol. The summed E-state index contributed by atoms with van der Waals surface area (Å²) in [4.78, 5) is 20.3. The number of hydrogen-bond acceptors (Lipinski definition) is 7. The number of nitrogen functional groups attached to an aromatic ring is 1. The van der Waals surface area contributed by atoms with Gasteiger partial charge in [0.25, 0.3) is 0 Å². The van der Waals surface area contributed by atoms with E-state index in [9.17, 15) is 4.79 Å². The van der Waals surface area contributed by atoms with Gasteiger partial charge < -0.3 is 15.7 Å². The van der Waals surface area contributed by atoms with Crippen LogP contribution in [-0.2, 0) is 9.63 Å². The summed E-state index contributed by atoms with van der Waals surface area (Å²) < 4.78 is 0. The molecular formula is C10H13N3O3S2. The maximum atomic E-state index is 11.1. The Morgan fingerprint density at radius 2 is 2.28 bits per heavy atom. The van der Waals surface area contributed by atoms with Crippen molar-refractivity contribution >= 4 is 39.9 Å². The number of anilines is 1. The molecule has 2 heterocycles. The van der Waals surface area contributed by atoms with E-state index < -0.39 is 5.97 Å². The predicted molar refractivity (Wildman–Crippen MR) is 72.1 cm³/mol. The Morgan fingerprint density at radius 1 is 1.56 bits per heavy atom. The van der Waals surface area contributed by atoms with Crippen molar-refractivity contribution in [3.8, 4) is 0 Å². The van der Waals surface area contributed by atoms with Crippen LogP contribution in [0.25, 0.3) is 0 Å². The number of rotatable bonds is 4. The molecule has 0 atom stereocenters. The number of thiazole rings is 1. The van der Waals surface area contributed by atoms with Crippen molar-refractivity contribution in [2.45, 2.75) is 18.9 Å². The van der Waals surface area contributed by atoms with Gasteiger partial charge in [0.1, 0.15) is 11.8 Å². The van der Waals surface area contributed by atoms with Crippen molar-refractivity contribution in [1.29, 1.82) is 0 Å². The topological polar surface area (TPSA) is 97.8 Å². The van der Waals surface area contributed by atoms with Crippen LogP contribution in [0.4, 0.5) is 5.13 Å². The van der Waals surface area contributed by atoms with Crippen molar-refractivity contribution in [3.63, 3.8) is 0 Å². The maximum Gasteiger partial charge on any atom is 0.360 e. The fourth-order valence-electron chi connectivity index (χ4n) is 1.50. The fraction of sp³-hybridized carbons (Fsp3) is 0.500. The standard InChI is InChI=1S/C10H13N3O3S2/c11-10-12-7(5-18-10)8(9(14)15)13-16-6-1-3-17-4-2-6/h5-6H,1-4H2,(H2,11,12)(H,14,15). The molecule has 0 radical (unpaired) electrons. The quantitative estimate of drug-likeness (QED) is 0.642. The summed E-state index contributed by atoms with van der Waals surface area (Å²) >= 11 is 3.04. The highest BCUT2D eigenvalue weighted by Gasteiger charge is 2.19. The summed E-state index contributed by atoms with van der Waals surface area (Å²) in [6.07, 6.45) is 1.78. The average molecular weight is 287 g/mol. The number of thioether (sulfide) groups is 1. The second-order valence-electron chi connectivity index (χ2n) is 3.73. The van der Waals surface area contributed by atoms with Crippen LogP contribution in [-0.4, -0.2) is 39.4 Å². The van der Waals surface area contributed by atoms with Crippen LogP contribution in [0, 0.1) is 0 Å². The summed E-state index contributed by atoms with van der Waals surface area (Å²) in [5.41, 5.74) is 5.52. The molecule has 6 nitrogen and oxygen atoms in total. The van der Waals surface area contributed by atoms with Crippen LogP contribution in [0.1, 0.15) is 18.5 Å². The number of aliphatic carboxylic acids is 1. The number of nitrogens with two attached hydrogens (primary N) is 1. The molecule has 0 saturated carbocycles. The Bertz CT molecular complexity index is 455. The number of aromatic nitrogens is 1. The zero-order chi connectivity index (χ0) is 13.0. The van der Waals surface area contributed by atoms with E-state index in [0.717, 1.165) is 24.3 Å². The largest absolute Gasteiger partial charge is 0.476 e. The van der Waals surface area contributed by atoms with Gasteiger partial charge in [0.05, 0.1) is 0 Å². The minimum Gasteiger partial charge on any atom is -0.476 e. The Labute approximate surface area is 112 Å². The van der Waals surface area contributed by atoms with Crippen LogP contribution in [0.3, 0.4) is 0 Å². The predicted octanol–water partition coefficient (Wildman–Crippen LogP) is 1.43. The van der Waals surface area contributed by atoms with E-state index in [0.29, 0.717) is 5.13 Å². The molecule has 0 spiro atoms. The molecule has 1 saturated heterocycles. The van der Waals surface area contributed by atoms with E-state index in [-0.39, 0.29) is 17.5 Å². The zero-order valence-electron chi connectivity index (χ0n) is 9.54. The maximum absolute atomic E-state index is 11.1. The molecule has 1 aromatic heterocycles. The van der Waals surface area contributed by atoms with Gasteiger partial charge >= 0.3 is 5.97 Å². The van der Waals surface area contributed by atoms with E-state index in [1.54, 1.807) is 5.38 Å². The fourth-order valence-corrected chi connectivity index (χ4v) is 3.11. The molecule has 2 rings (SSSR count). The molecule has 1 aliphatic heterocycles.